The van der Waals surface area contributed by atoms with Crippen molar-refractivity contribution in [3.05, 3.63) is 47.9 Å². The summed E-state index contributed by atoms with van der Waals surface area (Å²) >= 11 is 0.839. The minimum Gasteiger partial charge on any atom is -0.338 e. The van der Waals surface area contributed by atoms with Crippen molar-refractivity contribution in [1.82, 2.24) is 14.3 Å². The average molecular weight is 420 g/mol. The van der Waals surface area contributed by atoms with Crippen molar-refractivity contribution in [2.24, 2.45) is 5.92 Å². The first kappa shape index (κ1) is 19.7. The molecule has 2 heterocycles. The first-order valence-electron chi connectivity index (χ1n) is 9.00. The van der Waals surface area contributed by atoms with Crippen molar-refractivity contribution in [3.8, 4) is 17.5 Å². The summed E-state index contributed by atoms with van der Waals surface area (Å²) in [4.78, 5) is 4.89. The number of halogens is 4. The van der Waals surface area contributed by atoms with Crippen molar-refractivity contribution in [2.75, 3.05) is 6.54 Å². The van der Waals surface area contributed by atoms with Gasteiger partial charge in [0.25, 0.3) is 0 Å². The van der Waals surface area contributed by atoms with Gasteiger partial charge in [-0.25, -0.2) is 4.39 Å². The van der Waals surface area contributed by atoms with Crippen LogP contribution in [0, 0.1) is 23.1 Å². The van der Waals surface area contributed by atoms with Crippen LogP contribution in [0.25, 0.3) is 22.3 Å². The molecule has 3 aromatic rings. The Balaban J connectivity index is 1.70. The van der Waals surface area contributed by atoms with Crippen LogP contribution in [0.1, 0.15) is 18.4 Å². The largest absolute Gasteiger partial charge is 0.402 e. The van der Waals surface area contributed by atoms with Crippen LogP contribution in [-0.2, 0) is 6.54 Å². The molecule has 1 aliphatic rings. The molecule has 1 saturated carbocycles. The molecule has 0 atom stereocenters. The van der Waals surface area contributed by atoms with E-state index in [1.807, 2.05) is 4.57 Å². The van der Waals surface area contributed by atoms with Gasteiger partial charge in [-0.1, -0.05) is 0 Å². The molecule has 1 N–H and O–H groups in total. The molecule has 0 spiro atoms. The van der Waals surface area contributed by atoms with Crippen LogP contribution in [0.4, 0.5) is 17.6 Å². The number of rotatable bonds is 6. The lowest BCUT2D eigenvalue weighted by molar-refractivity contribution is -0.120. The highest BCUT2D eigenvalue weighted by atomic mass is 32.2. The molecule has 29 heavy (non-hydrogen) atoms. The third kappa shape index (κ3) is 4.38. The topological polar surface area (TPSA) is 53.6 Å². The zero-order valence-electron chi connectivity index (χ0n) is 15.1. The second-order valence-electron chi connectivity index (χ2n) is 6.97. The van der Waals surface area contributed by atoms with Gasteiger partial charge in [-0.05, 0) is 61.0 Å². The second kappa shape index (κ2) is 7.69. The fraction of sp³-hybridized carbons (Fsp3) is 0.300. The lowest BCUT2D eigenvalue weighted by Gasteiger charge is -2.11. The van der Waals surface area contributed by atoms with Crippen LogP contribution in [0.5, 0.6) is 0 Å². The summed E-state index contributed by atoms with van der Waals surface area (Å²) in [6.07, 6.45) is -0.653. The molecule has 1 aromatic carbocycles. The maximum Gasteiger partial charge on any atom is 0.402 e. The van der Waals surface area contributed by atoms with E-state index >= 15 is 0 Å². The first-order chi connectivity index (χ1) is 13.9. The Bertz CT molecular complexity index is 1080. The number of hydrogen-bond acceptors (Lipinski definition) is 4. The average Bonchev–Trinajstić information content (AvgIpc) is 3.44. The van der Waals surface area contributed by atoms with Crippen molar-refractivity contribution in [2.45, 2.75) is 30.5 Å². The number of pyridine rings is 1. The maximum absolute atomic E-state index is 13.9. The summed E-state index contributed by atoms with van der Waals surface area (Å²) in [5, 5.41) is 10.4. The number of nitrogens with zero attached hydrogens (tertiary/aromatic N) is 3. The van der Waals surface area contributed by atoms with E-state index in [4.69, 9.17) is 0 Å². The Morgan fingerprint density at radius 3 is 2.66 bits per heavy atom. The van der Waals surface area contributed by atoms with E-state index in [-0.39, 0.29) is 5.82 Å². The Morgan fingerprint density at radius 2 is 2.03 bits per heavy atom. The quantitative estimate of drug-likeness (QED) is 0.435. The summed E-state index contributed by atoms with van der Waals surface area (Å²) in [6, 6.07) is 9.88. The number of benzene rings is 1. The van der Waals surface area contributed by atoms with Crippen molar-refractivity contribution >= 4 is 22.9 Å². The SMILES string of the molecule is N#Cc1c(-c2ccc(SNCC(F)(F)F)cn2)n(CC2CC2)c2cc(F)ccc12. The molecule has 0 unspecified atom stereocenters. The minimum absolute atomic E-state index is 0.376. The van der Waals surface area contributed by atoms with Crippen LogP contribution < -0.4 is 4.72 Å². The second-order valence-corrected chi connectivity index (χ2v) is 7.93. The third-order valence-electron chi connectivity index (χ3n) is 4.72. The number of hydrogen-bond donors (Lipinski definition) is 1. The Labute approximate surface area is 168 Å². The fourth-order valence-electron chi connectivity index (χ4n) is 3.23. The molecule has 2 aromatic heterocycles. The number of fused-ring (bicyclic) bond motifs is 1. The smallest absolute Gasteiger partial charge is 0.338 e. The molecule has 4 nitrogen and oxygen atoms in total. The molecule has 0 saturated heterocycles. The minimum atomic E-state index is -4.29. The highest BCUT2D eigenvalue weighted by Crippen LogP contribution is 2.38. The van der Waals surface area contributed by atoms with Gasteiger partial charge in [0.15, 0.2) is 0 Å². The summed E-state index contributed by atoms with van der Waals surface area (Å²) in [6.45, 7) is -0.443. The zero-order valence-corrected chi connectivity index (χ0v) is 15.9. The molecule has 4 rings (SSSR count). The first-order valence-corrected chi connectivity index (χ1v) is 9.82. The molecule has 9 heteroatoms. The van der Waals surface area contributed by atoms with E-state index in [0.717, 1.165) is 24.8 Å². The highest BCUT2D eigenvalue weighted by molar-refractivity contribution is 7.97. The number of nitriles is 1. The zero-order chi connectivity index (χ0) is 20.6. The van der Waals surface area contributed by atoms with Crippen LogP contribution >= 0.6 is 11.9 Å². The monoisotopic (exact) mass is 420 g/mol. The van der Waals surface area contributed by atoms with E-state index in [1.54, 1.807) is 18.2 Å². The highest BCUT2D eigenvalue weighted by Gasteiger charge is 2.28. The van der Waals surface area contributed by atoms with Gasteiger partial charge in [0, 0.05) is 23.0 Å². The molecular weight excluding hydrogens is 404 g/mol. The molecule has 1 aliphatic carbocycles. The van der Waals surface area contributed by atoms with Crippen LogP contribution in [0.2, 0.25) is 0 Å². The van der Waals surface area contributed by atoms with E-state index in [1.165, 1.54) is 18.3 Å². The van der Waals surface area contributed by atoms with Crippen molar-refractivity contribution < 1.29 is 17.6 Å². The summed E-state index contributed by atoms with van der Waals surface area (Å²) in [5.41, 5.74) is 2.21. The van der Waals surface area contributed by atoms with Crippen LogP contribution in [0.15, 0.2) is 41.4 Å². The molecular formula is C20H16F4N4S. The predicted molar refractivity (Wildman–Crippen MR) is 102 cm³/mol. The molecule has 0 amide bonds. The summed E-state index contributed by atoms with van der Waals surface area (Å²) < 4.78 is 54.8. The summed E-state index contributed by atoms with van der Waals surface area (Å²) in [5.74, 6) is 0.110. The third-order valence-corrected chi connectivity index (χ3v) is 5.48. The van der Waals surface area contributed by atoms with E-state index in [2.05, 4.69) is 15.8 Å². The number of alkyl halides is 3. The van der Waals surface area contributed by atoms with Gasteiger partial charge in [0.2, 0.25) is 0 Å². The Hall–Kier alpha value is -2.57. The molecule has 0 aliphatic heterocycles. The van der Waals surface area contributed by atoms with Crippen LogP contribution in [-0.4, -0.2) is 22.3 Å². The van der Waals surface area contributed by atoms with E-state index in [0.29, 0.717) is 45.2 Å². The van der Waals surface area contributed by atoms with Gasteiger partial charge in [-0.15, -0.1) is 0 Å². The standard InChI is InChI=1S/C20H16F4N4S/c21-13-3-5-15-16(8-25)19(28(18(15)7-13)10-12-1-2-12)17-6-4-14(9-26-17)29-27-11-20(22,23)24/h3-7,9,12,27H,1-2,10-11H2. The van der Waals surface area contributed by atoms with Crippen LogP contribution in [0.3, 0.4) is 0 Å². The summed E-state index contributed by atoms with van der Waals surface area (Å²) in [7, 11) is 0. The van der Waals surface area contributed by atoms with Gasteiger partial charge < -0.3 is 4.57 Å². The lowest BCUT2D eigenvalue weighted by atomic mass is 10.1. The fourth-order valence-corrected chi connectivity index (χ4v) is 3.88. The van der Waals surface area contributed by atoms with Gasteiger partial charge in [-0.2, -0.15) is 18.4 Å². The lowest BCUT2D eigenvalue weighted by Crippen LogP contribution is -2.23. The van der Waals surface area contributed by atoms with Gasteiger partial charge in [0.05, 0.1) is 22.5 Å². The number of aromatic nitrogens is 2. The van der Waals surface area contributed by atoms with E-state index < -0.39 is 12.7 Å². The molecule has 0 radical (unpaired) electrons. The van der Waals surface area contributed by atoms with Crippen molar-refractivity contribution in [1.29, 1.82) is 5.26 Å². The maximum atomic E-state index is 13.9. The molecule has 150 valence electrons. The number of nitrogens with one attached hydrogen (secondary N) is 1. The molecule has 1 fully saturated rings. The molecule has 0 bridgehead atoms. The normalized spacial score (nSPS) is 14.3. The van der Waals surface area contributed by atoms with Gasteiger partial charge in [0.1, 0.15) is 18.4 Å². The Morgan fingerprint density at radius 1 is 1.24 bits per heavy atom. The van der Waals surface area contributed by atoms with E-state index in [9.17, 15) is 22.8 Å². The van der Waals surface area contributed by atoms with Crippen molar-refractivity contribution in [3.63, 3.8) is 0 Å². The predicted octanol–water partition coefficient (Wildman–Crippen LogP) is 5.28. The van der Waals surface area contributed by atoms with Gasteiger partial charge in [-0.3, -0.25) is 9.71 Å². The van der Waals surface area contributed by atoms with Gasteiger partial charge >= 0.3 is 6.18 Å². The Kier molecular flexibility index (Phi) is 5.23.